The van der Waals surface area contributed by atoms with Crippen molar-refractivity contribution in [2.75, 3.05) is 19.9 Å². The number of nitrogens with zero attached hydrogens (tertiary/aromatic N) is 3. The molecular formula is C17H19N3O5S. The van der Waals surface area contributed by atoms with Gasteiger partial charge in [0.25, 0.3) is 11.1 Å². The van der Waals surface area contributed by atoms with Gasteiger partial charge in [0.05, 0.1) is 0 Å². The molecule has 9 heteroatoms. The average molecular weight is 377 g/mol. The van der Waals surface area contributed by atoms with Gasteiger partial charge in [-0.3, -0.25) is 4.79 Å². The number of carbonyl (C=O) groups is 1. The van der Waals surface area contributed by atoms with Gasteiger partial charge in [-0.05, 0) is 19.1 Å². The zero-order valence-corrected chi connectivity index (χ0v) is 15.1. The number of fused-ring (bicyclic) bond motifs is 1. The zero-order chi connectivity index (χ0) is 17.9. The van der Waals surface area contributed by atoms with E-state index < -0.39 is 6.10 Å². The van der Waals surface area contributed by atoms with Gasteiger partial charge >= 0.3 is 0 Å². The van der Waals surface area contributed by atoms with Crippen molar-refractivity contribution in [2.45, 2.75) is 32.0 Å². The van der Waals surface area contributed by atoms with Crippen LogP contribution >= 0.6 is 11.3 Å². The fraction of sp³-hybridized carbons (Fsp3) is 0.471. The molecule has 1 unspecified atom stereocenters. The Labute approximate surface area is 154 Å². The van der Waals surface area contributed by atoms with Crippen LogP contribution in [0.5, 0.6) is 22.4 Å². The summed E-state index contributed by atoms with van der Waals surface area (Å²) in [6.45, 7) is 3.24. The first-order valence-electron chi connectivity index (χ1n) is 8.47. The van der Waals surface area contributed by atoms with Crippen molar-refractivity contribution >= 4 is 17.2 Å². The number of benzene rings is 1. The molecule has 2 aromatic rings. The van der Waals surface area contributed by atoms with E-state index in [0.717, 1.165) is 12.8 Å². The SMILES string of the molecule is CC(Oc1ccc2c(c1)OCO2)C(=O)N1CCC(Oc2nncs2)CC1. The number of carbonyl (C=O) groups excluding carboxylic acids is 1. The van der Waals surface area contributed by atoms with Crippen LogP contribution in [0, 0.1) is 0 Å². The summed E-state index contributed by atoms with van der Waals surface area (Å²) in [6, 6.07) is 5.30. The molecular weight excluding hydrogens is 358 g/mol. The summed E-state index contributed by atoms with van der Waals surface area (Å²) >= 11 is 1.37. The van der Waals surface area contributed by atoms with Crippen molar-refractivity contribution in [3.05, 3.63) is 23.7 Å². The van der Waals surface area contributed by atoms with Gasteiger partial charge in [-0.2, -0.15) is 0 Å². The highest BCUT2D eigenvalue weighted by atomic mass is 32.1. The molecule has 1 aromatic heterocycles. The molecule has 1 atom stereocenters. The van der Waals surface area contributed by atoms with Crippen molar-refractivity contribution in [1.29, 1.82) is 0 Å². The molecule has 4 rings (SSSR count). The topological polar surface area (TPSA) is 83.0 Å². The number of hydrogen-bond donors (Lipinski definition) is 0. The molecule has 0 spiro atoms. The van der Waals surface area contributed by atoms with Gasteiger partial charge in [0.2, 0.25) is 6.79 Å². The molecule has 138 valence electrons. The number of hydrogen-bond acceptors (Lipinski definition) is 8. The maximum absolute atomic E-state index is 12.6. The summed E-state index contributed by atoms with van der Waals surface area (Å²) in [4.78, 5) is 14.5. The van der Waals surface area contributed by atoms with Gasteiger partial charge in [-0.25, -0.2) is 0 Å². The Balaban J connectivity index is 1.29. The van der Waals surface area contributed by atoms with E-state index in [1.807, 2.05) is 4.90 Å². The van der Waals surface area contributed by atoms with E-state index in [1.165, 1.54) is 11.3 Å². The first-order valence-corrected chi connectivity index (χ1v) is 9.35. The molecule has 0 bridgehead atoms. The highest BCUT2D eigenvalue weighted by Gasteiger charge is 2.28. The summed E-state index contributed by atoms with van der Waals surface area (Å²) in [6.07, 6.45) is 1.03. The third kappa shape index (κ3) is 3.67. The minimum atomic E-state index is -0.573. The van der Waals surface area contributed by atoms with Crippen molar-refractivity contribution in [2.24, 2.45) is 0 Å². The Morgan fingerprint density at radius 3 is 2.88 bits per heavy atom. The number of ether oxygens (including phenoxy) is 4. The highest BCUT2D eigenvalue weighted by Crippen LogP contribution is 2.35. The highest BCUT2D eigenvalue weighted by molar-refractivity contribution is 7.11. The van der Waals surface area contributed by atoms with Crippen molar-refractivity contribution in [3.8, 4) is 22.4 Å². The molecule has 0 saturated carbocycles. The molecule has 8 nitrogen and oxygen atoms in total. The molecule has 0 radical (unpaired) electrons. The molecule has 26 heavy (non-hydrogen) atoms. The maximum atomic E-state index is 12.6. The molecule has 1 amide bonds. The smallest absolute Gasteiger partial charge is 0.294 e. The van der Waals surface area contributed by atoms with Crippen LogP contribution in [-0.2, 0) is 4.79 Å². The molecule has 2 aliphatic heterocycles. The Hall–Kier alpha value is -2.55. The first-order chi connectivity index (χ1) is 12.7. The number of piperidine rings is 1. The van der Waals surface area contributed by atoms with Crippen LogP contribution in [0.4, 0.5) is 0 Å². The van der Waals surface area contributed by atoms with Gasteiger partial charge in [0, 0.05) is 32.0 Å². The lowest BCUT2D eigenvalue weighted by molar-refractivity contribution is -0.139. The van der Waals surface area contributed by atoms with E-state index in [4.69, 9.17) is 18.9 Å². The fourth-order valence-electron chi connectivity index (χ4n) is 3.01. The summed E-state index contributed by atoms with van der Waals surface area (Å²) in [5.41, 5.74) is 1.64. The van der Waals surface area contributed by atoms with Crippen LogP contribution in [0.2, 0.25) is 0 Å². The van der Waals surface area contributed by atoms with Crippen LogP contribution in [0.3, 0.4) is 0 Å². The zero-order valence-electron chi connectivity index (χ0n) is 14.3. The lowest BCUT2D eigenvalue weighted by Gasteiger charge is -2.33. The number of aromatic nitrogens is 2. The fourth-order valence-corrected chi connectivity index (χ4v) is 3.48. The minimum Gasteiger partial charge on any atom is -0.481 e. The number of rotatable bonds is 5. The summed E-state index contributed by atoms with van der Waals surface area (Å²) in [5.74, 6) is 1.88. The van der Waals surface area contributed by atoms with Crippen molar-refractivity contribution < 1.29 is 23.7 Å². The second kappa shape index (κ2) is 7.36. The Morgan fingerprint density at radius 2 is 2.12 bits per heavy atom. The molecule has 1 aromatic carbocycles. The molecule has 1 fully saturated rings. The maximum Gasteiger partial charge on any atom is 0.294 e. The van der Waals surface area contributed by atoms with E-state index >= 15 is 0 Å². The monoisotopic (exact) mass is 377 g/mol. The minimum absolute atomic E-state index is 0.0305. The van der Waals surface area contributed by atoms with Crippen molar-refractivity contribution in [1.82, 2.24) is 15.1 Å². The molecule has 0 aliphatic carbocycles. The average Bonchev–Trinajstić information content (AvgIpc) is 3.33. The first kappa shape index (κ1) is 16.9. The van der Waals surface area contributed by atoms with Gasteiger partial charge in [-0.1, -0.05) is 11.3 Å². The van der Waals surface area contributed by atoms with E-state index in [2.05, 4.69) is 10.2 Å². The van der Waals surface area contributed by atoms with Crippen LogP contribution < -0.4 is 18.9 Å². The largest absolute Gasteiger partial charge is 0.481 e. The third-order valence-corrected chi connectivity index (χ3v) is 4.95. The van der Waals surface area contributed by atoms with Gasteiger partial charge in [0.1, 0.15) is 17.4 Å². The van der Waals surface area contributed by atoms with E-state index in [0.29, 0.717) is 35.5 Å². The number of likely N-dealkylation sites (tertiary alicyclic amines) is 1. The lowest BCUT2D eigenvalue weighted by atomic mass is 10.1. The predicted molar refractivity (Wildman–Crippen MR) is 92.8 cm³/mol. The Morgan fingerprint density at radius 1 is 1.31 bits per heavy atom. The van der Waals surface area contributed by atoms with Crippen LogP contribution in [0.15, 0.2) is 23.7 Å². The second-order valence-electron chi connectivity index (χ2n) is 6.12. The molecule has 3 heterocycles. The third-order valence-electron chi connectivity index (χ3n) is 4.37. The summed E-state index contributed by atoms with van der Waals surface area (Å²) in [5, 5.41) is 8.23. The molecule has 0 N–H and O–H groups in total. The molecule has 2 aliphatic rings. The second-order valence-corrected chi connectivity index (χ2v) is 6.92. The Kier molecular flexibility index (Phi) is 4.79. The standard InChI is InChI=1S/C17H19N3O5S/c1-11(24-13-2-3-14-15(8-13)23-10-22-14)16(21)20-6-4-12(5-7-20)25-17-19-18-9-26-17/h2-3,8-9,11-12H,4-7,10H2,1H3. The Bertz CT molecular complexity index is 762. The van der Waals surface area contributed by atoms with E-state index in [1.54, 1.807) is 30.6 Å². The van der Waals surface area contributed by atoms with Gasteiger partial charge in [-0.15, -0.1) is 10.2 Å². The van der Waals surface area contributed by atoms with E-state index in [9.17, 15) is 4.79 Å². The lowest BCUT2D eigenvalue weighted by Crippen LogP contribution is -2.46. The quantitative estimate of drug-likeness (QED) is 0.789. The van der Waals surface area contributed by atoms with Crippen LogP contribution in [0.25, 0.3) is 0 Å². The summed E-state index contributed by atoms with van der Waals surface area (Å²) in [7, 11) is 0. The van der Waals surface area contributed by atoms with Crippen LogP contribution in [0.1, 0.15) is 19.8 Å². The molecule has 1 saturated heterocycles. The summed E-state index contributed by atoms with van der Waals surface area (Å²) < 4.78 is 22.2. The van der Waals surface area contributed by atoms with E-state index in [-0.39, 0.29) is 18.8 Å². The van der Waals surface area contributed by atoms with Crippen LogP contribution in [-0.4, -0.2) is 53.1 Å². The van der Waals surface area contributed by atoms with Crippen molar-refractivity contribution in [3.63, 3.8) is 0 Å². The van der Waals surface area contributed by atoms with Gasteiger partial charge in [0.15, 0.2) is 17.6 Å². The normalized spacial score (nSPS) is 17.8. The number of amides is 1. The predicted octanol–water partition coefficient (Wildman–Crippen LogP) is 2.10. The van der Waals surface area contributed by atoms with Gasteiger partial charge < -0.3 is 23.8 Å².